The Hall–Kier alpha value is 1.62. The maximum Gasteiger partial charge on any atom is 2.00 e. The van der Waals surface area contributed by atoms with Gasteiger partial charge in [-0.15, -0.1) is 0 Å². The van der Waals surface area contributed by atoms with Gasteiger partial charge in [0, 0.05) is 0 Å². The van der Waals surface area contributed by atoms with Crippen LogP contribution in [-0.4, -0.2) is 38.8 Å². The summed E-state index contributed by atoms with van der Waals surface area (Å²) in [6, 6.07) is 0. The van der Waals surface area contributed by atoms with Crippen molar-refractivity contribution in [3.05, 3.63) is 0 Å². The van der Waals surface area contributed by atoms with E-state index in [1.165, 1.54) is 154 Å². The van der Waals surface area contributed by atoms with Crippen molar-refractivity contribution < 1.29 is 0 Å². The molecule has 0 fully saturated rings. The summed E-state index contributed by atoms with van der Waals surface area (Å²) in [7, 11) is 0. The topological polar surface area (TPSA) is 0 Å². The van der Waals surface area contributed by atoms with Crippen LogP contribution in [0.5, 0.6) is 0 Å². The molecule has 0 aromatic rings. The summed E-state index contributed by atoms with van der Waals surface area (Å²) in [6.07, 6.45) is 34.0. The van der Waals surface area contributed by atoms with Crippen LogP contribution in [0.2, 0.25) is 0 Å². The first-order valence-corrected chi connectivity index (χ1v) is 15.1. The molecule has 2 radical (unpaired) electrons. The predicted octanol–water partition coefficient (Wildman–Crippen LogP) is 10.1. The molecule has 0 amide bonds. The SMILES string of the molecule is CCCCCCCCCCCCCC[S-].CCCCCCCCCCCCCC[S-].[Pb+2]. The summed E-state index contributed by atoms with van der Waals surface area (Å²) in [5.74, 6) is 1.91. The number of hydrogen-bond donors (Lipinski definition) is 0. The minimum atomic E-state index is 0. The third-order valence-electron chi connectivity index (χ3n) is 6.00. The van der Waals surface area contributed by atoms with E-state index >= 15 is 0 Å². The van der Waals surface area contributed by atoms with E-state index in [1.54, 1.807) is 0 Å². The zero-order valence-corrected chi connectivity index (χ0v) is 27.2. The Balaban J connectivity index is -0.000000490. The smallest absolute Gasteiger partial charge is 0.793 e. The minimum Gasteiger partial charge on any atom is -0.793 e. The second-order valence-corrected chi connectivity index (χ2v) is 10.0. The van der Waals surface area contributed by atoms with Crippen LogP contribution < -0.4 is 0 Å². The number of hydrogen-bond acceptors (Lipinski definition) is 2. The molecule has 186 valence electrons. The molecule has 0 heterocycles. The second-order valence-electron chi connectivity index (χ2n) is 9.19. The van der Waals surface area contributed by atoms with Crippen molar-refractivity contribution in [3.63, 3.8) is 0 Å². The van der Waals surface area contributed by atoms with Crippen LogP contribution >= 0.6 is 0 Å². The van der Waals surface area contributed by atoms with Crippen molar-refractivity contribution >= 4 is 52.6 Å². The molecule has 0 aromatic carbocycles. The Morgan fingerprint density at radius 3 is 0.613 bits per heavy atom. The molecule has 3 heteroatoms. The molecule has 0 bridgehead atoms. The van der Waals surface area contributed by atoms with Crippen LogP contribution in [0.15, 0.2) is 0 Å². The van der Waals surface area contributed by atoms with E-state index in [2.05, 4.69) is 13.8 Å². The maximum atomic E-state index is 4.92. The Labute approximate surface area is 230 Å². The van der Waals surface area contributed by atoms with Gasteiger partial charge in [-0.1, -0.05) is 168 Å². The fraction of sp³-hybridized carbons (Fsp3) is 1.00. The average Bonchev–Trinajstić information content (AvgIpc) is 2.76. The summed E-state index contributed by atoms with van der Waals surface area (Å²) in [5, 5.41) is 0. The van der Waals surface area contributed by atoms with Crippen molar-refractivity contribution in [1.29, 1.82) is 0 Å². The van der Waals surface area contributed by atoms with Crippen LogP contribution in [0, 0.1) is 0 Å². The molecule has 0 N–H and O–H groups in total. The van der Waals surface area contributed by atoms with Gasteiger partial charge in [0.15, 0.2) is 0 Å². The molecule has 0 aliphatic rings. The minimum absolute atomic E-state index is 0. The molecule has 0 unspecified atom stereocenters. The van der Waals surface area contributed by atoms with E-state index in [0.717, 1.165) is 11.5 Å². The van der Waals surface area contributed by atoms with E-state index in [9.17, 15) is 0 Å². The standard InChI is InChI=1S/2C14H30S.Pb/c2*1-2-3-4-5-6-7-8-9-10-11-12-13-14-15;/h2*15H,2-14H2,1H3;/q;;+2/p-2. The molecule has 0 saturated carbocycles. The molecule has 0 nitrogen and oxygen atoms in total. The van der Waals surface area contributed by atoms with Gasteiger partial charge < -0.3 is 25.3 Å². The Morgan fingerprint density at radius 2 is 0.452 bits per heavy atom. The van der Waals surface area contributed by atoms with E-state index in [0.29, 0.717) is 0 Å². The van der Waals surface area contributed by atoms with Gasteiger partial charge in [0.2, 0.25) is 0 Å². The summed E-state index contributed by atoms with van der Waals surface area (Å²) >= 11 is 9.84. The van der Waals surface area contributed by atoms with Gasteiger partial charge in [0.1, 0.15) is 0 Å². The van der Waals surface area contributed by atoms with Crippen molar-refractivity contribution in [2.24, 2.45) is 0 Å². The van der Waals surface area contributed by atoms with Crippen LogP contribution in [0.25, 0.3) is 0 Å². The van der Waals surface area contributed by atoms with Crippen molar-refractivity contribution in [2.75, 3.05) is 11.5 Å². The van der Waals surface area contributed by atoms with E-state index < -0.39 is 0 Å². The third kappa shape index (κ3) is 42.3. The second kappa shape index (κ2) is 38.9. The Bertz CT molecular complexity index is 211. The van der Waals surface area contributed by atoms with Gasteiger partial charge in [-0.2, -0.15) is 11.5 Å². The zero-order valence-electron chi connectivity index (χ0n) is 21.7. The molecule has 0 spiro atoms. The van der Waals surface area contributed by atoms with Crippen LogP contribution in [0.1, 0.15) is 168 Å². The molecule has 0 aliphatic carbocycles. The summed E-state index contributed by atoms with van der Waals surface area (Å²) in [6.45, 7) is 4.56. The largest absolute Gasteiger partial charge is 2.00 e. The Morgan fingerprint density at radius 1 is 0.290 bits per heavy atom. The molecule has 0 atom stereocenters. The van der Waals surface area contributed by atoms with Gasteiger partial charge in [0.25, 0.3) is 0 Å². The first kappa shape index (κ1) is 37.2. The third-order valence-corrected chi connectivity index (χ3v) is 6.57. The summed E-state index contributed by atoms with van der Waals surface area (Å²) in [5.41, 5.74) is 0. The van der Waals surface area contributed by atoms with Gasteiger partial charge in [-0.25, -0.2) is 0 Å². The molecule has 0 rings (SSSR count). The summed E-state index contributed by atoms with van der Waals surface area (Å²) < 4.78 is 0. The quantitative estimate of drug-likeness (QED) is 0.0572. The van der Waals surface area contributed by atoms with E-state index in [-0.39, 0.29) is 27.3 Å². The molecule has 0 aliphatic heterocycles. The average molecular weight is 666 g/mol. The zero-order chi connectivity index (χ0) is 22.4. The van der Waals surface area contributed by atoms with Crippen molar-refractivity contribution in [2.45, 2.75) is 168 Å². The number of rotatable bonds is 24. The van der Waals surface area contributed by atoms with Crippen LogP contribution in [0.4, 0.5) is 0 Å². The van der Waals surface area contributed by atoms with Gasteiger partial charge in [-0.3, -0.25) is 0 Å². The van der Waals surface area contributed by atoms with Crippen molar-refractivity contribution in [1.82, 2.24) is 0 Å². The molecule has 0 aromatic heterocycles. The van der Waals surface area contributed by atoms with Crippen LogP contribution in [0.3, 0.4) is 0 Å². The number of unbranched alkanes of at least 4 members (excludes halogenated alkanes) is 22. The van der Waals surface area contributed by atoms with E-state index in [1.807, 2.05) is 0 Å². The van der Waals surface area contributed by atoms with Gasteiger partial charge in [-0.05, 0) is 0 Å². The van der Waals surface area contributed by atoms with Crippen molar-refractivity contribution in [3.8, 4) is 0 Å². The molecule has 0 saturated heterocycles. The normalized spacial score (nSPS) is 10.5. The first-order chi connectivity index (χ1) is 14.8. The molecular formula is C28H58PbS2. The fourth-order valence-electron chi connectivity index (χ4n) is 3.89. The van der Waals surface area contributed by atoms with Gasteiger partial charge >= 0.3 is 27.3 Å². The molecular weight excluding hydrogens is 608 g/mol. The first-order valence-electron chi connectivity index (χ1n) is 14.0. The Kier molecular flexibility index (Phi) is 46.6. The molecule has 31 heavy (non-hydrogen) atoms. The van der Waals surface area contributed by atoms with E-state index in [4.69, 9.17) is 25.3 Å². The predicted molar refractivity (Wildman–Crippen MR) is 152 cm³/mol. The monoisotopic (exact) mass is 666 g/mol. The summed E-state index contributed by atoms with van der Waals surface area (Å²) in [4.78, 5) is 0. The van der Waals surface area contributed by atoms with Gasteiger partial charge in [0.05, 0.1) is 0 Å². The fourth-order valence-corrected chi connectivity index (χ4v) is 4.29. The van der Waals surface area contributed by atoms with Crippen LogP contribution in [-0.2, 0) is 25.3 Å². The maximum absolute atomic E-state index is 4.92.